The van der Waals surface area contributed by atoms with Gasteiger partial charge in [0.05, 0.1) is 6.54 Å². The Labute approximate surface area is 101 Å². The summed E-state index contributed by atoms with van der Waals surface area (Å²) in [6.45, 7) is 3.96. The molecule has 1 N–H and O–H groups in total. The molecule has 0 spiro atoms. The zero-order valence-electron chi connectivity index (χ0n) is 10.5. The number of aryl methyl sites for hydroxylation is 1. The molecule has 0 aliphatic carbocycles. The number of carboxylic acid groups (broad SMARTS) is 1. The number of carboxylic acids is 1. The van der Waals surface area contributed by atoms with Gasteiger partial charge < -0.3 is 14.3 Å². The molecule has 17 heavy (non-hydrogen) atoms. The molecule has 96 valence electrons. The molecule has 1 aromatic heterocycles. The van der Waals surface area contributed by atoms with E-state index in [1.807, 2.05) is 7.05 Å². The van der Waals surface area contributed by atoms with Crippen molar-refractivity contribution in [3.05, 3.63) is 23.2 Å². The van der Waals surface area contributed by atoms with Gasteiger partial charge in [0.2, 0.25) is 5.76 Å². The summed E-state index contributed by atoms with van der Waals surface area (Å²) in [5.74, 6) is -0.305. The third kappa shape index (κ3) is 4.20. The Kier molecular flexibility index (Phi) is 5.18. The predicted octanol–water partition coefficient (Wildman–Crippen LogP) is 1.75. The standard InChI is InChI=1S/C12H19NO4/c1-9-7-10(17-11(9)12(14)15)8-13(2)5-4-6-16-3/h7H,4-6,8H2,1-3H3,(H,14,15). The first-order valence-corrected chi connectivity index (χ1v) is 5.54. The quantitative estimate of drug-likeness (QED) is 0.737. The Balaban J connectivity index is 2.51. The average molecular weight is 241 g/mol. The minimum atomic E-state index is -1.02. The van der Waals surface area contributed by atoms with Crippen LogP contribution in [0.3, 0.4) is 0 Å². The Bertz CT molecular complexity index is 373. The zero-order valence-corrected chi connectivity index (χ0v) is 10.5. The molecule has 0 unspecified atom stereocenters. The van der Waals surface area contributed by atoms with E-state index in [4.69, 9.17) is 14.3 Å². The molecule has 5 nitrogen and oxygen atoms in total. The number of furan rings is 1. The number of hydrogen-bond acceptors (Lipinski definition) is 4. The largest absolute Gasteiger partial charge is 0.475 e. The van der Waals surface area contributed by atoms with Gasteiger partial charge in [0, 0.05) is 25.8 Å². The number of carbonyl (C=O) groups is 1. The van der Waals surface area contributed by atoms with Crippen LogP contribution in [0.2, 0.25) is 0 Å². The molecular weight excluding hydrogens is 222 g/mol. The number of methoxy groups -OCH3 is 1. The van der Waals surface area contributed by atoms with E-state index >= 15 is 0 Å². The molecule has 0 aliphatic heterocycles. The van der Waals surface area contributed by atoms with Gasteiger partial charge in [0.1, 0.15) is 5.76 Å². The van der Waals surface area contributed by atoms with Crippen molar-refractivity contribution < 1.29 is 19.1 Å². The number of rotatable bonds is 7. The summed E-state index contributed by atoms with van der Waals surface area (Å²) in [5.41, 5.74) is 0.665. The van der Waals surface area contributed by atoms with Crippen LogP contribution in [0.5, 0.6) is 0 Å². The van der Waals surface area contributed by atoms with E-state index in [0.717, 1.165) is 19.6 Å². The molecule has 0 aromatic carbocycles. The lowest BCUT2D eigenvalue weighted by Gasteiger charge is -2.14. The Hall–Kier alpha value is -1.33. The summed E-state index contributed by atoms with van der Waals surface area (Å²) >= 11 is 0. The smallest absolute Gasteiger partial charge is 0.372 e. The monoisotopic (exact) mass is 241 g/mol. The number of aromatic carboxylic acids is 1. The Morgan fingerprint density at radius 2 is 2.29 bits per heavy atom. The highest BCUT2D eigenvalue weighted by molar-refractivity contribution is 5.86. The van der Waals surface area contributed by atoms with Gasteiger partial charge in [-0.2, -0.15) is 0 Å². The van der Waals surface area contributed by atoms with Gasteiger partial charge in [-0.25, -0.2) is 4.79 Å². The first-order chi connectivity index (χ1) is 8.04. The highest BCUT2D eigenvalue weighted by Crippen LogP contribution is 2.15. The lowest BCUT2D eigenvalue weighted by atomic mass is 10.2. The topological polar surface area (TPSA) is 62.9 Å². The van der Waals surface area contributed by atoms with Gasteiger partial charge in [-0.05, 0) is 26.5 Å². The maximum Gasteiger partial charge on any atom is 0.372 e. The Morgan fingerprint density at radius 3 is 2.82 bits per heavy atom. The van der Waals surface area contributed by atoms with Crippen LogP contribution in [-0.4, -0.2) is 43.3 Å². The summed E-state index contributed by atoms with van der Waals surface area (Å²) in [7, 11) is 3.64. The number of nitrogens with zero attached hydrogens (tertiary/aromatic N) is 1. The molecule has 0 fully saturated rings. The molecule has 0 radical (unpaired) electrons. The second-order valence-corrected chi connectivity index (χ2v) is 4.11. The normalized spacial score (nSPS) is 11.1. The second-order valence-electron chi connectivity index (χ2n) is 4.11. The zero-order chi connectivity index (χ0) is 12.8. The van der Waals surface area contributed by atoms with Crippen LogP contribution in [0.4, 0.5) is 0 Å². The summed E-state index contributed by atoms with van der Waals surface area (Å²) in [6.07, 6.45) is 0.943. The molecule has 0 saturated carbocycles. The van der Waals surface area contributed by atoms with E-state index in [1.165, 1.54) is 0 Å². The van der Waals surface area contributed by atoms with Crippen molar-refractivity contribution in [2.45, 2.75) is 19.9 Å². The average Bonchev–Trinajstić information content (AvgIpc) is 2.60. The van der Waals surface area contributed by atoms with E-state index in [1.54, 1.807) is 20.1 Å². The lowest BCUT2D eigenvalue weighted by Crippen LogP contribution is -2.19. The molecule has 0 atom stereocenters. The van der Waals surface area contributed by atoms with Crippen LogP contribution in [-0.2, 0) is 11.3 Å². The van der Waals surface area contributed by atoms with Crippen molar-refractivity contribution in [2.24, 2.45) is 0 Å². The first kappa shape index (κ1) is 13.7. The third-order valence-corrected chi connectivity index (χ3v) is 2.48. The maximum absolute atomic E-state index is 10.8. The Morgan fingerprint density at radius 1 is 1.59 bits per heavy atom. The highest BCUT2D eigenvalue weighted by Gasteiger charge is 2.14. The van der Waals surface area contributed by atoms with Gasteiger partial charge in [-0.15, -0.1) is 0 Å². The lowest BCUT2D eigenvalue weighted by molar-refractivity contribution is 0.0657. The van der Waals surface area contributed by atoms with E-state index < -0.39 is 5.97 Å². The van der Waals surface area contributed by atoms with E-state index in [9.17, 15) is 4.79 Å². The van der Waals surface area contributed by atoms with Crippen LogP contribution in [0, 0.1) is 6.92 Å². The van der Waals surface area contributed by atoms with Crippen LogP contribution >= 0.6 is 0 Å². The second kappa shape index (κ2) is 6.42. The van der Waals surface area contributed by atoms with Gasteiger partial charge in [-0.1, -0.05) is 0 Å². The van der Waals surface area contributed by atoms with Crippen molar-refractivity contribution >= 4 is 5.97 Å². The number of ether oxygens (including phenoxy) is 1. The van der Waals surface area contributed by atoms with Crippen LogP contribution < -0.4 is 0 Å². The SMILES string of the molecule is COCCCN(C)Cc1cc(C)c(C(=O)O)o1. The predicted molar refractivity (Wildman–Crippen MR) is 63.2 cm³/mol. The van der Waals surface area contributed by atoms with Crippen molar-refractivity contribution in [3.63, 3.8) is 0 Å². The highest BCUT2D eigenvalue weighted by atomic mass is 16.5. The van der Waals surface area contributed by atoms with E-state index in [-0.39, 0.29) is 5.76 Å². The van der Waals surface area contributed by atoms with Crippen molar-refractivity contribution in [1.82, 2.24) is 4.90 Å². The van der Waals surface area contributed by atoms with Crippen LogP contribution in [0.25, 0.3) is 0 Å². The maximum atomic E-state index is 10.8. The molecule has 1 rings (SSSR count). The molecule has 0 bridgehead atoms. The summed E-state index contributed by atoms with van der Waals surface area (Å²) in [6, 6.07) is 1.77. The van der Waals surface area contributed by atoms with Crippen molar-refractivity contribution in [1.29, 1.82) is 0 Å². The summed E-state index contributed by atoms with van der Waals surface area (Å²) < 4.78 is 10.2. The summed E-state index contributed by atoms with van der Waals surface area (Å²) in [5, 5.41) is 8.86. The van der Waals surface area contributed by atoms with Gasteiger partial charge in [-0.3, -0.25) is 4.90 Å². The molecule has 1 aromatic rings. The van der Waals surface area contributed by atoms with E-state index in [2.05, 4.69) is 4.90 Å². The molecule has 5 heteroatoms. The minimum absolute atomic E-state index is 0.0327. The first-order valence-electron chi connectivity index (χ1n) is 5.54. The molecule has 0 aliphatic rings. The van der Waals surface area contributed by atoms with Gasteiger partial charge in [0.15, 0.2) is 0 Å². The van der Waals surface area contributed by atoms with E-state index in [0.29, 0.717) is 17.9 Å². The number of hydrogen-bond donors (Lipinski definition) is 1. The molecule has 0 amide bonds. The molecule has 1 heterocycles. The van der Waals surface area contributed by atoms with Crippen molar-refractivity contribution in [2.75, 3.05) is 27.3 Å². The van der Waals surface area contributed by atoms with Crippen LogP contribution in [0.1, 0.15) is 28.3 Å². The summed E-state index contributed by atoms with van der Waals surface area (Å²) in [4.78, 5) is 12.9. The van der Waals surface area contributed by atoms with Gasteiger partial charge >= 0.3 is 5.97 Å². The fourth-order valence-corrected chi connectivity index (χ4v) is 1.66. The molecular formula is C12H19NO4. The third-order valence-electron chi connectivity index (χ3n) is 2.48. The fraction of sp³-hybridized carbons (Fsp3) is 0.583. The molecule has 0 saturated heterocycles. The van der Waals surface area contributed by atoms with Crippen LogP contribution in [0.15, 0.2) is 10.5 Å². The van der Waals surface area contributed by atoms with Gasteiger partial charge in [0.25, 0.3) is 0 Å². The minimum Gasteiger partial charge on any atom is -0.475 e. The fourth-order valence-electron chi connectivity index (χ4n) is 1.66. The van der Waals surface area contributed by atoms with Crippen molar-refractivity contribution in [3.8, 4) is 0 Å².